The second kappa shape index (κ2) is 11.1. The van der Waals surface area contributed by atoms with Crippen molar-refractivity contribution in [1.82, 2.24) is 15.5 Å². The van der Waals surface area contributed by atoms with Gasteiger partial charge in [-0.3, -0.25) is 14.4 Å². The summed E-state index contributed by atoms with van der Waals surface area (Å²) >= 11 is 0. The zero-order chi connectivity index (χ0) is 29.3. The fourth-order valence-electron chi connectivity index (χ4n) is 5.25. The maximum absolute atomic E-state index is 15.0. The number of alkyl halides is 2. The van der Waals surface area contributed by atoms with Gasteiger partial charge < -0.3 is 25.7 Å². The van der Waals surface area contributed by atoms with E-state index < -0.39 is 65.1 Å². The number of halogens is 2. The Balaban J connectivity index is 1.95. The molecular weight excluding hydrogens is 508 g/mol. The molecule has 1 aromatic carbocycles. The number of allylic oxidation sites excluding steroid dienone is 3. The molecule has 214 valence electrons. The maximum atomic E-state index is 15.0. The van der Waals surface area contributed by atoms with Gasteiger partial charge in [0.1, 0.15) is 6.04 Å². The van der Waals surface area contributed by atoms with Crippen LogP contribution < -0.4 is 10.6 Å². The van der Waals surface area contributed by atoms with Crippen LogP contribution in [0, 0.1) is 16.7 Å². The van der Waals surface area contributed by atoms with E-state index in [1.165, 1.54) is 13.8 Å². The van der Waals surface area contributed by atoms with Crippen molar-refractivity contribution in [2.75, 3.05) is 13.1 Å². The molecule has 39 heavy (non-hydrogen) atoms. The van der Waals surface area contributed by atoms with Crippen LogP contribution in [-0.4, -0.2) is 70.0 Å². The molecule has 0 bridgehead atoms. The van der Waals surface area contributed by atoms with Gasteiger partial charge in [0.25, 0.3) is 11.8 Å². The molecule has 8 nitrogen and oxygen atoms in total. The second-order valence-electron chi connectivity index (χ2n) is 11.6. The molecule has 0 saturated carbocycles. The van der Waals surface area contributed by atoms with Crippen LogP contribution in [0.15, 0.2) is 53.8 Å². The number of likely N-dealkylation sites (N-methyl/N-ethyl adjacent to an activating group) is 1. The third-order valence-electron chi connectivity index (χ3n) is 7.96. The Hall–Kier alpha value is -3.27. The summed E-state index contributed by atoms with van der Waals surface area (Å²) in [5.41, 5.74) is -1.48. The third-order valence-corrected chi connectivity index (χ3v) is 7.96. The van der Waals surface area contributed by atoms with Crippen LogP contribution in [0.4, 0.5) is 8.78 Å². The third kappa shape index (κ3) is 5.85. The van der Waals surface area contributed by atoms with E-state index in [9.17, 15) is 24.6 Å². The lowest BCUT2D eigenvalue weighted by molar-refractivity contribution is -0.149. The van der Waals surface area contributed by atoms with Gasteiger partial charge in [-0.05, 0) is 31.9 Å². The summed E-state index contributed by atoms with van der Waals surface area (Å²) < 4.78 is 30.1. The van der Waals surface area contributed by atoms with E-state index >= 15 is 8.78 Å². The summed E-state index contributed by atoms with van der Waals surface area (Å²) in [5.74, 6) is -6.55. The summed E-state index contributed by atoms with van der Waals surface area (Å²) in [6.07, 6.45) is 1.37. The van der Waals surface area contributed by atoms with Crippen LogP contribution in [0.5, 0.6) is 0 Å². The highest BCUT2D eigenvalue weighted by Crippen LogP contribution is 2.48. The minimum Gasteiger partial charge on any atom is -0.512 e. The lowest BCUT2D eigenvalue weighted by Crippen LogP contribution is -2.58. The predicted octanol–water partition coefficient (Wildman–Crippen LogP) is 3.13. The summed E-state index contributed by atoms with van der Waals surface area (Å²) in [7, 11) is 0. The largest absolute Gasteiger partial charge is 0.512 e. The lowest BCUT2D eigenvalue weighted by Gasteiger charge is -2.36. The number of amides is 3. The molecule has 3 unspecified atom stereocenters. The zero-order valence-corrected chi connectivity index (χ0v) is 23.3. The quantitative estimate of drug-likeness (QED) is 0.399. The first-order valence-electron chi connectivity index (χ1n) is 13.1. The maximum Gasteiger partial charge on any atom is 0.272 e. The number of likely N-dealkylation sites (tertiary alicyclic amines) is 1. The minimum atomic E-state index is -3.39. The molecule has 10 heteroatoms. The molecule has 0 aromatic heterocycles. The fraction of sp³-hybridized carbons (Fsp3) is 0.552. The normalized spacial score (nSPS) is 24.7. The molecule has 1 fully saturated rings. The fourth-order valence-corrected chi connectivity index (χ4v) is 5.25. The SMILES string of the molecule is CCNC(=O)[C@H]1N(C(=O)C(O)C(Cc2ccccc2)NC(=O)C2C=C(C)C=C(O)C2(C)C)CC(F)(F)C1(C)C. The molecule has 1 aromatic rings. The average molecular weight is 548 g/mol. The van der Waals surface area contributed by atoms with Crippen LogP contribution in [0.2, 0.25) is 0 Å². The summed E-state index contributed by atoms with van der Waals surface area (Å²) in [4.78, 5) is 40.7. The smallest absolute Gasteiger partial charge is 0.272 e. The number of carbonyl (C=O) groups excluding carboxylic acids is 3. The van der Waals surface area contributed by atoms with Crippen LogP contribution in [0.25, 0.3) is 0 Å². The molecule has 0 radical (unpaired) electrons. The van der Waals surface area contributed by atoms with E-state index in [0.29, 0.717) is 11.1 Å². The highest BCUT2D eigenvalue weighted by atomic mass is 19.3. The Morgan fingerprint density at radius 2 is 1.72 bits per heavy atom. The van der Waals surface area contributed by atoms with Gasteiger partial charge in [0, 0.05) is 12.0 Å². The van der Waals surface area contributed by atoms with Crippen LogP contribution in [-0.2, 0) is 20.8 Å². The number of rotatable bonds is 8. The van der Waals surface area contributed by atoms with Gasteiger partial charge in [-0.1, -0.05) is 69.7 Å². The average Bonchev–Trinajstić information content (AvgIpc) is 3.04. The van der Waals surface area contributed by atoms with Gasteiger partial charge in [-0.15, -0.1) is 0 Å². The van der Waals surface area contributed by atoms with Crippen LogP contribution in [0.1, 0.15) is 47.1 Å². The molecule has 0 spiro atoms. The molecule has 4 N–H and O–H groups in total. The van der Waals surface area contributed by atoms with Gasteiger partial charge >= 0.3 is 0 Å². The molecule has 3 rings (SSSR count). The predicted molar refractivity (Wildman–Crippen MR) is 143 cm³/mol. The van der Waals surface area contributed by atoms with Crippen molar-refractivity contribution in [1.29, 1.82) is 0 Å². The molecule has 4 atom stereocenters. The second-order valence-corrected chi connectivity index (χ2v) is 11.6. The minimum absolute atomic E-state index is 0.0187. The van der Waals surface area contributed by atoms with Gasteiger partial charge in [0.05, 0.1) is 29.7 Å². The summed E-state index contributed by atoms with van der Waals surface area (Å²) in [6, 6.07) is 6.10. The van der Waals surface area contributed by atoms with E-state index in [1.54, 1.807) is 70.2 Å². The Bertz CT molecular complexity index is 1160. The number of hydrogen-bond acceptors (Lipinski definition) is 5. The number of aliphatic hydroxyl groups excluding tert-OH is 2. The molecule has 3 amide bonds. The van der Waals surface area contributed by atoms with Crippen molar-refractivity contribution < 1.29 is 33.4 Å². The van der Waals surface area contributed by atoms with Crippen molar-refractivity contribution in [3.63, 3.8) is 0 Å². The van der Waals surface area contributed by atoms with E-state index in [0.717, 1.165) is 4.90 Å². The Labute approximate surface area is 228 Å². The van der Waals surface area contributed by atoms with Crippen molar-refractivity contribution in [2.24, 2.45) is 16.7 Å². The van der Waals surface area contributed by atoms with Crippen LogP contribution in [0.3, 0.4) is 0 Å². The Kier molecular flexibility index (Phi) is 8.60. The van der Waals surface area contributed by atoms with Crippen molar-refractivity contribution in [3.05, 3.63) is 59.4 Å². The summed E-state index contributed by atoms with van der Waals surface area (Å²) in [6.45, 7) is 8.35. The number of hydrogen-bond donors (Lipinski definition) is 4. The first-order chi connectivity index (χ1) is 18.0. The molecule has 1 aliphatic heterocycles. The molecule has 1 saturated heterocycles. The van der Waals surface area contributed by atoms with E-state index in [2.05, 4.69) is 10.6 Å². The Morgan fingerprint density at radius 3 is 2.31 bits per heavy atom. The summed E-state index contributed by atoms with van der Waals surface area (Å²) in [5, 5.41) is 27.0. The lowest BCUT2D eigenvalue weighted by atomic mass is 9.72. The first-order valence-corrected chi connectivity index (χ1v) is 13.1. The highest BCUT2D eigenvalue weighted by molar-refractivity contribution is 5.92. The number of nitrogens with one attached hydrogen (secondary N) is 2. The van der Waals surface area contributed by atoms with E-state index in [1.807, 2.05) is 0 Å². The number of nitrogens with zero attached hydrogens (tertiary/aromatic N) is 1. The van der Waals surface area contributed by atoms with Gasteiger partial charge in [-0.2, -0.15) is 0 Å². The molecular formula is C29H39F2N3O5. The topological polar surface area (TPSA) is 119 Å². The molecule has 1 heterocycles. The number of carbonyl (C=O) groups is 3. The zero-order valence-electron chi connectivity index (χ0n) is 23.3. The van der Waals surface area contributed by atoms with Crippen LogP contribution >= 0.6 is 0 Å². The standard InChI is InChI=1S/C29H39F2N3O5/c1-7-32-25(38)23-28(5,6)29(30,31)16-34(23)26(39)22(36)20(15-18-11-9-8-10-12-18)33-24(37)19-13-17(2)14-21(35)27(19,3)4/h8-14,19-20,22-23,35-36H,7,15-16H2,1-6H3,(H,32,38)(H,33,37)/t19?,20?,22?,23-/m1/s1. The van der Waals surface area contributed by atoms with Gasteiger partial charge in [0.15, 0.2) is 6.10 Å². The van der Waals surface area contributed by atoms with Gasteiger partial charge in [0.2, 0.25) is 11.8 Å². The number of aliphatic hydroxyl groups is 2. The molecule has 2 aliphatic rings. The first kappa shape index (κ1) is 30.3. The van der Waals surface area contributed by atoms with Crippen molar-refractivity contribution in [2.45, 2.75) is 72.1 Å². The monoisotopic (exact) mass is 547 g/mol. The number of benzene rings is 1. The molecule has 1 aliphatic carbocycles. The van der Waals surface area contributed by atoms with E-state index in [-0.39, 0.29) is 18.7 Å². The van der Waals surface area contributed by atoms with Crippen molar-refractivity contribution in [3.8, 4) is 0 Å². The van der Waals surface area contributed by atoms with Crippen molar-refractivity contribution >= 4 is 17.7 Å². The Morgan fingerprint density at radius 1 is 1.10 bits per heavy atom. The van der Waals surface area contributed by atoms with Gasteiger partial charge in [-0.25, -0.2) is 8.78 Å². The highest BCUT2D eigenvalue weighted by Gasteiger charge is 2.64. The van der Waals surface area contributed by atoms with E-state index in [4.69, 9.17) is 0 Å².